The zero-order valence-electron chi connectivity index (χ0n) is 12.6. The van der Waals surface area contributed by atoms with Crippen molar-refractivity contribution >= 4 is 11.9 Å². The third-order valence-corrected chi connectivity index (χ3v) is 3.27. The molecule has 1 atom stereocenters. The fraction of sp³-hybridized carbons (Fsp3) is 0.429. The number of hydrogen-bond acceptors (Lipinski definition) is 4. The Labute approximate surface area is 127 Å². The van der Waals surface area contributed by atoms with Gasteiger partial charge in [0.25, 0.3) is 5.91 Å². The van der Waals surface area contributed by atoms with Crippen LogP contribution in [0.4, 0.5) is 0 Å². The van der Waals surface area contributed by atoms with Crippen LogP contribution in [0.5, 0.6) is 0 Å². The van der Waals surface area contributed by atoms with Gasteiger partial charge >= 0.3 is 5.97 Å². The summed E-state index contributed by atoms with van der Waals surface area (Å²) in [4.78, 5) is 22.7. The summed E-state index contributed by atoms with van der Waals surface area (Å²) in [6.07, 6.45) is 3.26. The summed E-state index contributed by atoms with van der Waals surface area (Å²) in [6, 6.07) is 3.24. The van der Waals surface area contributed by atoms with Crippen LogP contribution in [0.3, 0.4) is 0 Å². The molecule has 0 saturated carbocycles. The van der Waals surface area contributed by atoms with Crippen LogP contribution < -0.4 is 5.32 Å². The van der Waals surface area contributed by atoms with E-state index in [2.05, 4.69) is 15.5 Å². The summed E-state index contributed by atoms with van der Waals surface area (Å²) in [7, 11) is 0. The van der Waals surface area contributed by atoms with Gasteiger partial charge in [0.1, 0.15) is 5.69 Å². The maximum Gasteiger partial charge on any atom is 0.305 e. The molecule has 0 aliphatic carbocycles. The van der Waals surface area contributed by atoms with Crippen LogP contribution in [0.25, 0.3) is 0 Å². The number of aryl methyl sites for hydroxylation is 2. The zero-order valence-corrected chi connectivity index (χ0v) is 12.6. The number of amides is 1. The summed E-state index contributed by atoms with van der Waals surface area (Å²) in [5.74, 6) is -1.20. The number of aromatic nitrogens is 4. The van der Waals surface area contributed by atoms with Crippen molar-refractivity contribution in [1.29, 1.82) is 0 Å². The Morgan fingerprint density at radius 2 is 2.18 bits per heavy atom. The van der Waals surface area contributed by atoms with Crippen molar-refractivity contribution in [2.24, 2.45) is 0 Å². The highest BCUT2D eigenvalue weighted by atomic mass is 16.4. The van der Waals surface area contributed by atoms with Crippen molar-refractivity contribution in [3.8, 4) is 0 Å². The number of nitrogens with one attached hydrogen (secondary N) is 1. The lowest BCUT2D eigenvalue weighted by Crippen LogP contribution is -2.28. The van der Waals surface area contributed by atoms with E-state index in [0.29, 0.717) is 0 Å². The molecule has 0 spiro atoms. The van der Waals surface area contributed by atoms with Gasteiger partial charge in [-0.3, -0.25) is 19.0 Å². The fourth-order valence-electron chi connectivity index (χ4n) is 2.14. The number of aliphatic carboxylic acids is 1. The van der Waals surface area contributed by atoms with Crippen LogP contribution in [0.2, 0.25) is 0 Å². The van der Waals surface area contributed by atoms with Gasteiger partial charge in [-0.15, -0.1) is 0 Å². The second-order valence-corrected chi connectivity index (χ2v) is 4.87. The van der Waals surface area contributed by atoms with Gasteiger partial charge in [0.15, 0.2) is 0 Å². The minimum absolute atomic E-state index is 0.0329. The molecule has 2 aromatic heterocycles. The van der Waals surface area contributed by atoms with E-state index in [0.717, 1.165) is 12.2 Å². The lowest BCUT2D eigenvalue weighted by atomic mass is 10.2. The molecule has 0 aliphatic heterocycles. The van der Waals surface area contributed by atoms with Crippen LogP contribution >= 0.6 is 0 Å². The van der Waals surface area contributed by atoms with E-state index in [9.17, 15) is 9.59 Å². The van der Waals surface area contributed by atoms with Gasteiger partial charge < -0.3 is 10.4 Å². The van der Waals surface area contributed by atoms with Gasteiger partial charge in [-0.1, -0.05) is 0 Å². The molecule has 0 saturated heterocycles. The Morgan fingerprint density at radius 3 is 2.86 bits per heavy atom. The third kappa shape index (κ3) is 3.72. The second kappa shape index (κ2) is 6.88. The molecule has 0 radical (unpaired) electrons. The normalized spacial score (nSPS) is 12.1. The molecule has 2 N–H and O–H groups in total. The van der Waals surface area contributed by atoms with E-state index in [1.165, 1.54) is 4.68 Å². The summed E-state index contributed by atoms with van der Waals surface area (Å²) in [5, 5.41) is 19.7. The molecule has 0 bridgehead atoms. The first-order chi connectivity index (χ1) is 10.5. The van der Waals surface area contributed by atoms with Crippen LogP contribution in [0, 0.1) is 0 Å². The third-order valence-electron chi connectivity index (χ3n) is 3.27. The molecule has 8 heteroatoms. The van der Waals surface area contributed by atoms with E-state index in [-0.39, 0.29) is 30.6 Å². The molecule has 0 aliphatic rings. The van der Waals surface area contributed by atoms with Crippen molar-refractivity contribution in [3.63, 3.8) is 0 Å². The summed E-state index contributed by atoms with van der Waals surface area (Å²) < 4.78 is 3.26. The number of carbonyl (C=O) groups is 2. The van der Waals surface area contributed by atoms with Gasteiger partial charge in [0.05, 0.1) is 24.7 Å². The topological polar surface area (TPSA) is 102 Å². The first kappa shape index (κ1) is 15.7. The minimum atomic E-state index is -0.900. The Kier molecular flexibility index (Phi) is 4.92. The van der Waals surface area contributed by atoms with Crippen LogP contribution in [-0.2, 0) is 17.9 Å². The highest BCUT2D eigenvalue weighted by Crippen LogP contribution is 2.12. The maximum atomic E-state index is 12.2. The molecule has 118 valence electrons. The van der Waals surface area contributed by atoms with Crippen molar-refractivity contribution in [2.75, 3.05) is 0 Å². The number of hydrogen-bond donors (Lipinski definition) is 2. The van der Waals surface area contributed by atoms with Crippen molar-refractivity contribution in [1.82, 2.24) is 24.9 Å². The maximum absolute atomic E-state index is 12.2. The quantitative estimate of drug-likeness (QED) is 0.796. The summed E-state index contributed by atoms with van der Waals surface area (Å²) in [6.45, 7) is 4.82. The number of nitrogens with zero attached hydrogens (tertiary/aromatic N) is 4. The first-order valence-electron chi connectivity index (χ1n) is 7.09. The average Bonchev–Trinajstić information content (AvgIpc) is 3.13. The molecule has 8 nitrogen and oxygen atoms in total. The van der Waals surface area contributed by atoms with Gasteiger partial charge in [-0.25, -0.2) is 0 Å². The van der Waals surface area contributed by atoms with Crippen LogP contribution in [0.1, 0.15) is 42.5 Å². The Hall–Kier alpha value is -2.64. The average molecular weight is 305 g/mol. The Morgan fingerprint density at radius 1 is 1.41 bits per heavy atom. The standard InChI is InChI=1S/C14H19N5O3/c1-3-19-12(4-7-15-19)10(2)16-14(22)11-5-8-18(17-11)9-6-13(20)21/h4-5,7-8,10H,3,6,9H2,1-2H3,(H,16,22)(H,20,21). The molecule has 2 rings (SSSR count). The molecule has 0 aromatic carbocycles. The highest BCUT2D eigenvalue weighted by molar-refractivity contribution is 5.92. The van der Waals surface area contributed by atoms with E-state index < -0.39 is 5.97 Å². The molecular weight excluding hydrogens is 286 g/mol. The number of carboxylic acids is 1. The molecular formula is C14H19N5O3. The van der Waals surface area contributed by atoms with E-state index in [1.54, 1.807) is 18.5 Å². The van der Waals surface area contributed by atoms with Crippen LogP contribution in [-0.4, -0.2) is 36.5 Å². The fourth-order valence-corrected chi connectivity index (χ4v) is 2.14. The SMILES string of the molecule is CCn1nccc1C(C)NC(=O)c1ccn(CCC(=O)O)n1. The van der Waals surface area contributed by atoms with Gasteiger partial charge in [-0.05, 0) is 26.0 Å². The van der Waals surface area contributed by atoms with Crippen LogP contribution in [0.15, 0.2) is 24.5 Å². The van der Waals surface area contributed by atoms with Crippen molar-refractivity contribution < 1.29 is 14.7 Å². The predicted octanol–water partition coefficient (Wildman–Crippen LogP) is 1.07. The Bertz CT molecular complexity index is 661. The molecule has 1 amide bonds. The molecule has 0 fully saturated rings. The minimum Gasteiger partial charge on any atom is -0.481 e. The Balaban J connectivity index is 1.98. The van der Waals surface area contributed by atoms with E-state index in [1.807, 2.05) is 24.6 Å². The van der Waals surface area contributed by atoms with Gasteiger partial charge in [0.2, 0.25) is 0 Å². The number of rotatable bonds is 7. The smallest absolute Gasteiger partial charge is 0.305 e. The monoisotopic (exact) mass is 305 g/mol. The molecule has 1 unspecified atom stereocenters. The molecule has 22 heavy (non-hydrogen) atoms. The molecule has 2 heterocycles. The number of carboxylic acid groups (broad SMARTS) is 1. The lowest BCUT2D eigenvalue weighted by molar-refractivity contribution is -0.137. The summed E-state index contributed by atoms with van der Waals surface area (Å²) in [5.41, 5.74) is 1.18. The van der Waals surface area contributed by atoms with E-state index in [4.69, 9.17) is 5.11 Å². The second-order valence-electron chi connectivity index (χ2n) is 4.87. The van der Waals surface area contributed by atoms with Crippen molar-refractivity contribution in [3.05, 3.63) is 35.9 Å². The first-order valence-corrected chi connectivity index (χ1v) is 7.09. The highest BCUT2D eigenvalue weighted by Gasteiger charge is 2.16. The zero-order chi connectivity index (χ0) is 16.1. The van der Waals surface area contributed by atoms with E-state index >= 15 is 0 Å². The summed E-state index contributed by atoms with van der Waals surface area (Å²) >= 11 is 0. The lowest BCUT2D eigenvalue weighted by Gasteiger charge is -2.14. The van der Waals surface area contributed by atoms with Crippen molar-refractivity contribution in [2.45, 2.75) is 39.4 Å². The molecule has 2 aromatic rings. The largest absolute Gasteiger partial charge is 0.481 e. The predicted molar refractivity (Wildman–Crippen MR) is 78.3 cm³/mol. The van der Waals surface area contributed by atoms with Gasteiger partial charge in [0, 0.05) is 18.9 Å². The van der Waals surface area contributed by atoms with Gasteiger partial charge in [-0.2, -0.15) is 10.2 Å². The number of carbonyl (C=O) groups excluding carboxylic acids is 1.